The summed E-state index contributed by atoms with van der Waals surface area (Å²) in [6, 6.07) is 11.5. The monoisotopic (exact) mass is 469 g/mol. The van der Waals surface area contributed by atoms with E-state index in [1.807, 2.05) is 19.1 Å². The second-order valence-electron chi connectivity index (χ2n) is 6.92. The number of carbonyl (C=O) groups is 2. The summed E-state index contributed by atoms with van der Waals surface area (Å²) in [5.74, 6) is -1.60. The molecule has 7 nitrogen and oxygen atoms in total. The van der Waals surface area contributed by atoms with Gasteiger partial charge in [-0.15, -0.1) is 0 Å². The van der Waals surface area contributed by atoms with Crippen LogP contribution in [0.1, 0.15) is 16.7 Å². The van der Waals surface area contributed by atoms with E-state index in [-0.39, 0.29) is 0 Å². The summed E-state index contributed by atoms with van der Waals surface area (Å²) >= 11 is 0. The lowest BCUT2D eigenvalue weighted by atomic mass is 10.1. The number of benzene rings is 2. The van der Waals surface area contributed by atoms with E-state index in [4.69, 9.17) is 0 Å². The molecule has 0 saturated heterocycles. The van der Waals surface area contributed by atoms with E-state index in [1.54, 1.807) is 12.1 Å². The maximum absolute atomic E-state index is 13.0. The second kappa shape index (κ2) is 10.4. The largest absolute Gasteiger partial charge is 0.418 e. The van der Waals surface area contributed by atoms with Gasteiger partial charge in [0.05, 0.1) is 24.3 Å². The molecule has 11 heteroatoms. The molecule has 2 rings (SSSR count). The Labute approximate surface area is 184 Å². The van der Waals surface area contributed by atoms with Crippen molar-refractivity contribution in [1.82, 2.24) is 9.62 Å². The van der Waals surface area contributed by atoms with E-state index in [0.29, 0.717) is 5.56 Å². The number of anilines is 1. The van der Waals surface area contributed by atoms with Crippen LogP contribution in [0, 0.1) is 6.92 Å². The summed E-state index contributed by atoms with van der Waals surface area (Å²) < 4.78 is 65.2. The zero-order valence-corrected chi connectivity index (χ0v) is 18.1. The van der Waals surface area contributed by atoms with Crippen LogP contribution in [0.4, 0.5) is 18.9 Å². The molecule has 0 fully saturated rings. The smallest absolute Gasteiger partial charge is 0.335 e. The van der Waals surface area contributed by atoms with E-state index in [1.165, 1.54) is 25.3 Å². The summed E-state index contributed by atoms with van der Waals surface area (Å²) in [4.78, 5) is 25.1. The number of hydrogen-bond donors (Lipinski definition) is 2. The Kier molecular flexibility index (Phi) is 8.17. The first-order chi connectivity index (χ1) is 14.9. The SMILES string of the molecule is Cc1ccc(C=CS(=O)(=O)NCC(=O)N(C)CC(=O)Nc2ccccc2C(F)(F)F)cc1. The van der Waals surface area contributed by atoms with Gasteiger partial charge in [0.25, 0.3) is 0 Å². The molecule has 2 aromatic carbocycles. The molecule has 0 unspecified atom stereocenters. The fourth-order valence-corrected chi connectivity index (χ4v) is 3.28. The number of nitrogens with one attached hydrogen (secondary N) is 2. The lowest BCUT2D eigenvalue weighted by molar-refractivity contribution is -0.137. The third-order valence-corrected chi connectivity index (χ3v) is 5.30. The van der Waals surface area contributed by atoms with Crippen molar-refractivity contribution < 1.29 is 31.2 Å². The van der Waals surface area contributed by atoms with Crippen LogP contribution in [-0.2, 0) is 25.8 Å². The van der Waals surface area contributed by atoms with Crippen molar-refractivity contribution >= 4 is 33.6 Å². The second-order valence-corrected chi connectivity index (χ2v) is 8.57. The molecule has 0 spiro atoms. The molecule has 2 aromatic rings. The lowest BCUT2D eigenvalue weighted by Crippen LogP contribution is -2.41. The van der Waals surface area contributed by atoms with Crippen molar-refractivity contribution in [3.8, 4) is 0 Å². The van der Waals surface area contributed by atoms with Gasteiger partial charge in [-0.05, 0) is 30.7 Å². The Balaban J connectivity index is 1.90. The zero-order chi connectivity index (χ0) is 23.9. The maximum atomic E-state index is 13.0. The minimum Gasteiger partial charge on any atom is -0.335 e. The van der Waals surface area contributed by atoms with E-state index in [9.17, 15) is 31.2 Å². The Hall–Kier alpha value is -3.18. The van der Waals surface area contributed by atoms with Gasteiger partial charge in [-0.25, -0.2) is 13.1 Å². The van der Waals surface area contributed by atoms with Crippen LogP contribution < -0.4 is 10.0 Å². The zero-order valence-electron chi connectivity index (χ0n) is 17.3. The molecule has 0 aliphatic carbocycles. The lowest BCUT2D eigenvalue weighted by Gasteiger charge is -2.18. The number of alkyl halides is 3. The first-order valence-corrected chi connectivity index (χ1v) is 10.9. The number of amides is 2. The first kappa shape index (κ1) is 25.1. The van der Waals surface area contributed by atoms with Gasteiger partial charge in [-0.2, -0.15) is 13.2 Å². The van der Waals surface area contributed by atoms with Gasteiger partial charge < -0.3 is 10.2 Å². The molecule has 0 atom stereocenters. The van der Waals surface area contributed by atoms with Crippen molar-refractivity contribution in [1.29, 1.82) is 0 Å². The molecular weight excluding hydrogens is 447 g/mol. The van der Waals surface area contributed by atoms with Gasteiger partial charge in [0.2, 0.25) is 21.8 Å². The van der Waals surface area contributed by atoms with Crippen molar-refractivity contribution in [2.75, 3.05) is 25.5 Å². The molecule has 0 bridgehead atoms. The average molecular weight is 469 g/mol. The summed E-state index contributed by atoms with van der Waals surface area (Å²) in [6.45, 7) is 0.707. The van der Waals surface area contributed by atoms with Crippen LogP contribution in [0.25, 0.3) is 6.08 Å². The van der Waals surface area contributed by atoms with Crippen molar-refractivity contribution in [2.24, 2.45) is 0 Å². The number of rotatable bonds is 8. The third-order valence-electron chi connectivity index (χ3n) is 4.25. The first-order valence-electron chi connectivity index (χ1n) is 9.32. The van der Waals surface area contributed by atoms with E-state index in [2.05, 4.69) is 10.0 Å². The highest BCUT2D eigenvalue weighted by molar-refractivity contribution is 7.92. The highest BCUT2D eigenvalue weighted by Gasteiger charge is 2.33. The minimum absolute atomic E-state index is 0.437. The number of para-hydroxylation sites is 1. The minimum atomic E-state index is -4.66. The molecule has 0 aliphatic heterocycles. The standard InChI is InChI=1S/C21H22F3N3O4S/c1-15-7-9-16(10-8-15)11-12-32(30,31)25-13-20(29)27(2)14-19(28)26-18-6-4-3-5-17(18)21(22,23)24/h3-12,25H,13-14H2,1-2H3,(H,26,28). The molecule has 172 valence electrons. The Morgan fingerprint density at radius 2 is 1.69 bits per heavy atom. The Morgan fingerprint density at radius 3 is 2.31 bits per heavy atom. The van der Waals surface area contributed by atoms with E-state index >= 15 is 0 Å². The molecule has 0 aromatic heterocycles. The van der Waals surface area contributed by atoms with Crippen molar-refractivity contribution in [3.05, 3.63) is 70.6 Å². The quantitative estimate of drug-likeness (QED) is 0.621. The van der Waals surface area contributed by atoms with Crippen LogP contribution in [-0.4, -0.2) is 45.3 Å². The summed E-state index contributed by atoms with van der Waals surface area (Å²) in [6.07, 6.45) is -3.29. The molecule has 2 N–H and O–H groups in total. The Bertz CT molecular complexity index is 1100. The fraction of sp³-hybridized carbons (Fsp3) is 0.238. The molecule has 0 saturated carbocycles. The van der Waals surface area contributed by atoms with Gasteiger partial charge in [-0.1, -0.05) is 42.0 Å². The van der Waals surface area contributed by atoms with Crippen LogP contribution in [0.5, 0.6) is 0 Å². The summed E-state index contributed by atoms with van der Waals surface area (Å²) in [5, 5.41) is 3.02. The molecule has 0 radical (unpaired) electrons. The number of likely N-dealkylation sites (N-methyl/N-ethyl adjacent to an activating group) is 1. The summed E-state index contributed by atoms with van der Waals surface area (Å²) in [5.41, 5.74) is 0.214. The number of halogens is 3. The molecular formula is C21H22F3N3O4S. The normalized spacial score (nSPS) is 12.0. The summed E-state index contributed by atoms with van der Waals surface area (Å²) in [7, 11) is -2.69. The van der Waals surface area contributed by atoms with Gasteiger partial charge in [0.15, 0.2) is 0 Å². The fourth-order valence-electron chi connectivity index (χ4n) is 2.52. The highest BCUT2D eigenvalue weighted by atomic mass is 32.2. The average Bonchev–Trinajstić information content (AvgIpc) is 2.71. The van der Waals surface area contributed by atoms with Gasteiger partial charge in [-0.3, -0.25) is 9.59 Å². The van der Waals surface area contributed by atoms with E-state index < -0.39 is 52.4 Å². The van der Waals surface area contributed by atoms with Crippen LogP contribution in [0.15, 0.2) is 53.9 Å². The molecule has 32 heavy (non-hydrogen) atoms. The van der Waals surface area contributed by atoms with Crippen LogP contribution in [0.3, 0.4) is 0 Å². The number of hydrogen-bond acceptors (Lipinski definition) is 4. The maximum Gasteiger partial charge on any atom is 0.418 e. The predicted molar refractivity (Wildman–Crippen MR) is 115 cm³/mol. The van der Waals surface area contributed by atoms with Gasteiger partial charge in [0.1, 0.15) is 0 Å². The number of sulfonamides is 1. The molecule has 0 heterocycles. The Morgan fingerprint density at radius 1 is 1.06 bits per heavy atom. The predicted octanol–water partition coefficient (Wildman–Crippen LogP) is 3.00. The van der Waals surface area contributed by atoms with Crippen LogP contribution in [0.2, 0.25) is 0 Å². The van der Waals surface area contributed by atoms with Gasteiger partial charge in [0, 0.05) is 12.5 Å². The third kappa shape index (κ3) is 7.82. The van der Waals surface area contributed by atoms with Crippen LogP contribution >= 0.6 is 0 Å². The van der Waals surface area contributed by atoms with Gasteiger partial charge >= 0.3 is 6.18 Å². The number of nitrogens with zero attached hydrogens (tertiary/aromatic N) is 1. The topological polar surface area (TPSA) is 95.6 Å². The highest BCUT2D eigenvalue weighted by Crippen LogP contribution is 2.34. The molecule has 2 amide bonds. The number of carbonyl (C=O) groups excluding carboxylic acids is 2. The van der Waals surface area contributed by atoms with Crippen molar-refractivity contribution in [3.63, 3.8) is 0 Å². The van der Waals surface area contributed by atoms with E-state index in [0.717, 1.165) is 28.0 Å². The van der Waals surface area contributed by atoms with Crippen molar-refractivity contribution in [2.45, 2.75) is 13.1 Å². The molecule has 0 aliphatic rings. The number of aryl methyl sites for hydroxylation is 1.